The molecule has 0 aliphatic carbocycles. The molecule has 0 heterocycles. The predicted octanol–water partition coefficient (Wildman–Crippen LogP) is 3.74. The Balaban J connectivity index is 2.25. The molecule has 0 spiro atoms. The van der Waals surface area contributed by atoms with E-state index in [1.165, 1.54) is 0 Å². The molecular formula is C21H25ClN2O2. The largest absolute Gasteiger partial charge is 0.355 e. The van der Waals surface area contributed by atoms with E-state index in [0.717, 1.165) is 16.7 Å². The van der Waals surface area contributed by atoms with Crippen LogP contribution in [-0.2, 0) is 22.6 Å². The van der Waals surface area contributed by atoms with Gasteiger partial charge >= 0.3 is 0 Å². The Hall–Kier alpha value is -2.33. The van der Waals surface area contributed by atoms with Crippen molar-refractivity contribution in [3.63, 3.8) is 0 Å². The van der Waals surface area contributed by atoms with Crippen molar-refractivity contribution in [3.8, 4) is 0 Å². The van der Waals surface area contributed by atoms with Gasteiger partial charge in [0.1, 0.15) is 6.04 Å². The summed E-state index contributed by atoms with van der Waals surface area (Å²) in [5.74, 6) is -0.255. The molecule has 0 radical (unpaired) electrons. The number of nitrogens with zero attached hydrogens (tertiary/aromatic N) is 1. The van der Waals surface area contributed by atoms with Crippen LogP contribution in [0.3, 0.4) is 0 Å². The minimum atomic E-state index is -0.554. The topological polar surface area (TPSA) is 49.4 Å². The molecule has 0 aliphatic heterocycles. The zero-order valence-electron chi connectivity index (χ0n) is 15.5. The molecule has 26 heavy (non-hydrogen) atoms. The van der Waals surface area contributed by atoms with E-state index in [9.17, 15) is 9.59 Å². The quantitative estimate of drug-likeness (QED) is 0.804. The SMILES string of the molecule is CCNC(=O)C(C)N(Cc1ccccc1C)C(=O)Cc1cccc(Cl)c1. The van der Waals surface area contributed by atoms with Crippen LogP contribution >= 0.6 is 11.6 Å². The Bertz CT molecular complexity index is 776. The number of hydrogen-bond acceptors (Lipinski definition) is 2. The van der Waals surface area contributed by atoms with Crippen LogP contribution in [0.25, 0.3) is 0 Å². The van der Waals surface area contributed by atoms with E-state index in [4.69, 9.17) is 11.6 Å². The third-order valence-electron chi connectivity index (χ3n) is 4.36. The number of aryl methyl sites for hydroxylation is 1. The average Bonchev–Trinajstić information content (AvgIpc) is 2.60. The molecule has 2 aromatic carbocycles. The van der Waals surface area contributed by atoms with Crippen molar-refractivity contribution in [1.82, 2.24) is 10.2 Å². The number of carbonyl (C=O) groups is 2. The van der Waals surface area contributed by atoms with Crippen LogP contribution in [0.1, 0.15) is 30.5 Å². The summed E-state index contributed by atoms with van der Waals surface area (Å²) in [4.78, 5) is 27.0. The van der Waals surface area contributed by atoms with Crippen molar-refractivity contribution in [2.45, 2.75) is 39.8 Å². The Morgan fingerprint density at radius 1 is 1.15 bits per heavy atom. The van der Waals surface area contributed by atoms with Gasteiger partial charge in [0.15, 0.2) is 0 Å². The molecule has 2 rings (SSSR count). The van der Waals surface area contributed by atoms with E-state index in [0.29, 0.717) is 18.1 Å². The van der Waals surface area contributed by atoms with Gasteiger partial charge in [-0.2, -0.15) is 0 Å². The van der Waals surface area contributed by atoms with Crippen molar-refractivity contribution in [1.29, 1.82) is 0 Å². The second-order valence-corrected chi connectivity index (χ2v) is 6.76. The van der Waals surface area contributed by atoms with Crippen LogP contribution in [-0.4, -0.2) is 29.3 Å². The molecule has 1 atom stereocenters. The lowest BCUT2D eigenvalue weighted by Gasteiger charge is -2.29. The number of halogens is 1. The van der Waals surface area contributed by atoms with Gasteiger partial charge in [0, 0.05) is 18.1 Å². The Morgan fingerprint density at radius 3 is 2.54 bits per heavy atom. The highest BCUT2D eigenvalue weighted by Gasteiger charge is 2.26. The lowest BCUT2D eigenvalue weighted by molar-refractivity contribution is -0.140. The molecule has 0 aromatic heterocycles. The first-order valence-corrected chi connectivity index (χ1v) is 9.16. The average molecular weight is 373 g/mol. The monoisotopic (exact) mass is 372 g/mol. The van der Waals surface area contributed by atoms with Crippen LogP contribution in [0.15, 0.2) is 48.5 Å². The highest BCUT2D eigenvalue weighted by atomic mass is 35.5. The fourth-order valence-electron chi connectivity index (χ4n) is 2.80. The molecule has 4 nitrogen and oxygen atoms in total. The number of benzene rings is 2. The minimum absolute atomic E-state index is 0.103. The molecule has 138 valence electrons. The van der Waals surface area contributed by atoms with Crippen LogP contribution in [0.5, 0.6) is 0 Å². The summed E-state index contributed by atoms with van der Waals surface area (Å²) in [6.45, 7) is 6.56. The van der Waals surface area contributed by atoms with E-state index in [2.05, 4.69) is 5.32 Å². The molecule has 2 amide bonds. The maximum absolute atomic E-state index is 13.0. The molecule has 5 heteroatoms. The fourth-order valence-corrected chi connectivity index (χ4v) is 3.01. The maximum atomic E-state index is 13.0. The van der Waals surface area contributed by atoms with E-state index in [-0.39, 0.29) is 18.2 Å². The number of amides is 2. The van der Waals surface area contributed by atoms with Crippen molar-refractivity contribution in [2.75, 3.05) is 6.54 Å². The predicted molar refractivity (Wildman–Crippen MR) is 105 cm³/mol. The number of nitrogens with one attached hydrogen (secondary N) is 1. The van der Waals surface area contributed by atoms with Gasteiger partial charge in [-0.3, -0.25) is 9.59 Å². The van der Waals surface area contributed by atoms with Gasteiger partial charge in [0.25, 0.3) is 0 Å². The number of carbonyl (C=O) groups excluding carboxylic acids is 2. The van der Waals surface area contributed by atoms with Crippen LogP contribution < -0.4 is 5.32 Å². The standard InChI is InChI=1S/C21H25ClN2O2/c1-4-23-21(26)16(3)24(14-18-10-6-5-8-15(18)2)20(25)13-17-9-7-11-19(22)12-17/h5-12,16H,4,13-14H2,1-3H3,(H,23,26). The van der Waals surface area contributed by atoms with E-state index < -0.39 is 6.04 Å². The molecule has 0 saturated carbocycles. The smallest absolute Gasteiger partial charge is 0.242 e. The van der Waals surface area contributed by atoms with Crippen molar-refractivity contribution in [2.24, 2.45) is 0 Å². The van der Waals surface area contributed by atoms with Gasteiger partial charge in [-0.1, -0.05) is 48.0 Å². The van der Waals surface area contributed by atoms with Gasteiger partial charge in [0.2, 0.25) is 11.8 Å². The lowest BCUT2D eigenvalue weighted by Crippen LogP contribution is -2.48. The first-order chi connectivity index (χ1) is 12.4. The van der Waals surface area contributed by atoms with Gasteiger partial charge in [0.05, 0.1) is 6.42 Å². The summed E-state index contributed by atoms with van der Waals surface area (Å²) in [6, 6.07) is 14.6. The van der Waals surface area contributed by atoms with Crippen LogP contribution in [0, 0.1) is 6.92 Å². The van der Waals surface area contributed by atoms with Crippen LogP contribution in [0.4, 0.5) is 0 Å². The first kappa shape index (κ1) is 20.0. The summed E-state index contributed by atoms with van der Waals surface area (Å²) < 4.78 is 0. The molecule has 0 saturated heterocycles. The molecule has 0 fully saturated rings. The second-order valence-electron chi connectivity index (χ2n) is 6.33. The molecule has 1 N–H and O–H groups in total. The highest BCUT2D eigenvalue weighted by molar-refractivity contribution is 6.30. The third-order valence-corrected chi connectivity index (χ3v) is 4.60. The normalized spacial score (nSPS) is 11.7. The summed E-state index contributed by atoms with van der Waals surface area (Å²) in [5.41, 5.74) is 2.96. The van der Waals surface area contributed by atoms with Crippen molar-refractivity contribution < 1.29 is 9.59 Å². The summed E-state index contributed by atoms with van der Waals surface area (Å²) in [6.07, 6.45) is 0.205. The first-order valence-electron chi connectivity index (χ1n) is 8.78. The summed E-state index contributed by atoms with van der Waals surface area (Å²) >= 11 is 6.02. The van der Waals surface area contributed by atoms with Crippen molar-refractivity contribution in [3.05, 3.63) is 70.2 Å². The van der Waals surface area contributed by atoms with E-state index in [1.54, 1.807) is 24.0 Å². The number of likely N-dealkylation sites (N-methyl/N-ethyl adjacent to an activating group) is 1. The molecule has 0 aliphatic rings. The van der Waals surface area contributed by atoms with Gasteiger partial charge in [-0.25, -0.2) is 0 Å². The second kappa shape index (κ2) is 9.39. The van der Waals surface area contributed by atoms with Gasteiger partial charge in [-0.05, 0) is 49.6 Å². The number of rotatable bonds is 7. The van der Waals surface area contributed by atoms with E-state index in [1.807, 2.05) is 50.2 Å². The molecule has 2 aromatic rings. The zero-order chi connectivity index (χ0) is 19.1. The Kier molecular flexibility index (Phi) is 7.22. The van der Waals surface area contributed by atoms with Crippen molar-refractivity contribution >= 4 is 23.4 Å². The molecular weight excluding hydrogens is 348 g/mol. The summed E-state index contributed by atoms with van der Waals surface area (Å²) in [5, 5.41) is 3.40. The molecule has 0 bridgehead atoms. The molecule has 1 unspecified atom stereocenters. The Morgan fingerprint density at radius 2 is 1.88 bits per heavy atom. The Labute approximate surface area is 160 Å². The maximum Gasteiger partial charge on any atom is 0.242 e. The van der Waals surface area contributed by atoms with E-state index >= 15 is 0 Å². The highest BCUT2D eigenvalue weighted by Crippen LogP contribution is 2.17. The zero-order valence-corrected chi connectivity index (χ0v) is 16.2. The number of hydrogen-bond donors (Lipinski definition) is 1. The minimum Gasteiger partial charge on any atom is -0.355 e. The van der Waals surface area contributed by atoms with Gasteiger partial charge in [-0.15, -0.1) is 0 Å². The fraction of sp³-hybridized carbons (Fsp3) is 0.333. The third kappa shape index (κ3) is 5.33. The lowest BCUT2D eigenvalue weighted by atomic mass is 10.1. The summed E-state index contributed by atoms with van der Waals surface area (Å²) in [7, 11) is 0. The van der Waals surface area contributed by atoms with Crippen LogP contribution in [0.2, 0.25) is 5.02 Å². The van der Waals surface area contributed by atoms with Gasteiger partial charge < -0.3 is 10.2 Å².